The number of nitrogens with two attached hydrogens (primary N) is 1. The van der Waals surface area contributed by atoms with Crippen molar-refractivity contribution in [2.75, 3.05) is 13.1 Å². The molecule has 3 N–H and O–H groups in total. The lowest BCUT2D eigenvalue weighted by Crippen LogP contribution is -2.27. The molecule has 1 atom stereocenters. The molecule has 1 heterocycles. The molecule has 2 nitrogen and oxygen atoms in total. The third-order valence-corrected chi connectivity index (χ3v) is 5.25. The lowest BCUT2D eigenvalue weighted by Gasteiger charge is -2.14. The smallest absolute Gasteiger partial charge is 0.0843 e. The minimum absolute atomic E-state index is 0.280. The monoisotopic (exact) mass is 340 g/mol. The molecule has 1 aromatic rings. The summed E-state index contributed by atoms with van der Waals surface area (Å²) in [4.78, 5) is 1.28. The van der Waals surface area contributed by atoms with Crippen LogP contribution >= 0.6 is 43.2 Å². The summed E-state index contributed by atoms with van der Waals surface area (Å²) in [5.41, 5.74) is 5.72. The molecule has 0 saturated heterocycles. The zero-order valence-corrected chi connectivity index (χ0v) is 12.0. The van der Waals surface area contributed by atoms with Crippen LogP contribution < -0.4 is 11.1 Å². The SMILES string of the molecule is CCCNC(CN)c1cc(Br)c(Br)s1. The summed E-state index contributed by atoms with van der Waals surface area (Å²) < 4.78 is 2.23. The third-order valence-electron chi connectivity index (χ3n) is 1.88. The predicted octanol–water partition coefficient (Wildman–Crippen LogP) is 3.27. The van der Waals surface area contributed by atoms with E-state index in [1.165, 1.54) is 4.88 Å². The first-order valence-corrected chi connectivity index (χ1v) is 6.97. The standard InChI is InChI=1S/C9H14Br2N2S/c1-2-3-13-7(5-12)8-4-6(10)9(11)14-8/h4,7,13H,2-3,5,12H2,1H3. The molecule has 0 radical (unpaired) electrons. The second-order valence-corrected chi connectivity index (χ2v) is 6.27. The van der Waals surface area contributed by atoms with Crippen LogP contribution in [-0.4, -0.2) is 13.1 Å². The summed E-state index contributed by atoms with van der Waals surface area (Å²) in [5.74, 6) is 0. The van der Waals surface area contributed by atoms with Crippen molar-refractivity contribution >= 4 is 43.2 Å². The van der Waals surface area contributed by atoms with Crippen LogP contribution in [0.5, 0.6) is 0 Å². The van der Waals surface area contributed by atoms with Crippen molar-refractivity contribution in [1.29, 1.82) is 0 Å². The van der Waals surface area contributed by atoms with Gasteiger partial charge in [0.25, 0.3) is 0 Å². The summed E-state index contributed by atoms with van der Waals surface area (Å²) >= 11 is 8.69. The topological polar surface area (TPSA) is 38.0 Å². The lowest BCUT2D eigenvalue weighted by molar-refractivity contribution is 0.547. The fourth-order valence-electron chi connectivity index (χ4n) is 1.15. The van der Waals surface area contributed by atoms with Crippen LogP contribution in [0.15, 0.2) is 14.3 Å². The van der Waals surface area contributed by atoms with Gasteiger partial charge in [0.2, 0.25) is 0 Å². The molecule has 0 aliphatic heterocycles. The van der Waals surface area contributed by atoms with Gasteiger partial charge in [-0.2, -0.15) is 0 Å². The van der Waals surface area contributed by atoms with Gasteiger partial charge >= 0.3 is 0 Å². The summed E-state index contributed by atoms with van der Waals surface area (Å²) in [6.45, 7) is 3.80. The maximum atomic E-state index is 5.72. The maximum Gasteiger partial charge on any atom is 0.0843 e. The van der Waals surface area contributed by atoms with E-state index in [0.29, 0.717) is 6.54 Å². The molecule has 0 fully saturated rings. The zero-order chi connectivity index (χ0) is 10.6. The first-order chi connectivity index (χ1) is 6.69. The normalized spacial score (nSPS) is 13.1. The van der Waals surface area contributed by atoms with Crippen LogP contribution in [0, 0.1) is 0 Å². The van der Waals surface area contributed by atoms with Gasteiger partial charge in [-0.3, -0.25) is 0 Å². The van der Waals surface area contributed by atoms with Crippen molar-refractivity contribution in [3.8, 4) is 0 Å². The first-order valence-electron chi connectivity index (χ1n) is 4.57. The van der Waals surface area contributed by atoms with E-state index in [1.54, 1.807) is 11.3 Å². The van der Waals surface area contributed by atoms with E-state index in [4.69, 9.17) is 5.73 Å². The Hall–Kier alpha value is 0.580. The highest BCUT2D eigenvalue weighted by Gasteiger charge is 2.13. The number of halogens is 2. The Morgan fingerprint density at radius 3 is 2.71 bits per heavy atom. The minimum atomic E-state index is 0.280. The number of nitrogens with one attached hydrogen (secondary N) is 1. The number of hydrogen-bond donors (Lipinski definition) is 2. The molecule has 1 unspecified atom stereocenters. The molecule has 0 spiro atoms. The Morgan fingerprint density at radius 2 is 2.29 bits per heavy atom. The Bertz CT molecular complexity index is 269. The molecule has 5 heteroatoms. The Balaban J connectivity index is 2.68. The van der Waals surface area contributed by atoms with E-state index in [-0.39, 0.29) is 6.04 Å². The fraction of sp³-hybridized carbons (Fsp3) is 0.556. The Kier molecular flexibility index (Phi) is 5.62. The van der Waals surface area contributed by atoms with Crippen molar-refractivity contribution in [2.24, 2.45) is 5.73 Å². The summed E-state index contributed by atoms with van der Waals surface area (Å²) in [5, 5.41) is 3.42. The highest BCUT2D eigenvalue weighted by molar-refractivity contribution is 9.13. The maximum absolute atomic E-state index is 5.72. The van der Waals surface area contributed by atoms with E-state index in [0.717, 1.165) is 21.2 Å². The molecular weight excluding hydrogens is 328 g/mol. The third kappa shape index (κ3) is 3.31. The minimum Gasteiger partial charge on any atom is -0.329 e. The van der Waals surface area contributed by atoms with Gasteiger partial charge in [-0.1, -0.05) is 6.92 Å². The molecule has 0 aliphatic rings. The van der Waals surface area contributed by atoms with Crippen LogP contribution in [0.4, 0.5) is 0 Å². The number of rotatable bonds is 5. The molecule has 14 heavy (non-hydrogen) atoms. The van der Waals surface area contributed by atoms with E-state index in [2.05, 4.69) is 50.2 Å². The molecule has 0 amide bonds. The van der Waals surface area contributed by atoms with Gasteiger partial charge in [-0.05, 0) is 50.9 Å². The average Bonchev–Trinajstić information content (AvgIpc) is 2.48. The number of thiophene rings is 1. The van der Waals surface area contributed by atoms with Crippen molar-refractivity contribution < 1.29 is 0 Å². The zero-order valence-electron chi connectivity index (χ0n) is 8.02. The molecule has 0 saturated carbocycles. The van der Waals surface area contributed by atoms with Crippen molar-refractivity contribution in [3.63, 3.8) is 0 Å². The van der Waals surface area contributed by atoms with Crippen LogP contribution in [-0.2, 0) is 0 Å². The lowest BCUT2D eigenvalue weighted by atomic mass is 10.2. The van der Waals surface area contributed by atoms with Gasteiger partial charge < -0.3 is 11.1 Å². The molecule has 1 rings (SSSR count). The highest BCUT2D eigenvalue weighted by Crippen LogP contribution is 2.35. The van der Waals surface area contributed by atoms with Gasteiger partial charge in [0, 0.05) is 15.9 Å². The number of hydrogen-bond acceptors (Lipinski definition) is 3. The van der Waals surface area contributed by atoms with Gasteiger partial charge in [0.05, 0.1) is 9.83 Å². The fourth-order valence-corrected chi connectivity index (χ4v) is 3.33. The van der Waals surface area contributed by atoms with Crippen LogP contribution in [0.2, 0.25) is 0 Å². The van der Waals surface area contributed by atoms with E-state index in [9.17, 15) is 0 Å². The highest BCUT2D eigenvalue weighted by atomic mass is 79.9. The van der Waals surface area contributed by atoms with Crippen molar-refractivity contribution in [2.45, 2.75) is 19.4 Å². The van der Waals surface area contributed by atoms with E-state index >= 15 is 0 Å². The summed E-state index contributed by atoms with van der Waals surface area (Å²) in [6.07, 6.45) is 1.13. The van der Waals surface area contributed by atoms with Crippen LogP contribution in [0.1, 0.15) is 24.3 Å². The summed E-state index contributed by atoms with van der Waals surface area (Å²) in [6, 6.07) is 2.40. The predicted molar refractivity (Wildman–Crippen MR) is 69.8 cm³/mol. The second-order valence-electron chi connectivity index (χ2n) is 3.01. The molecule has 80 valence electrons. The Morgan fingerprint density at radius 1 is 1.57 bits per heavy atom. The van der Waals surface area contributed by atoms with Gasteiger partial charge in [-0.25, -0.2) is 0 Å². The Labute approximate surface area is 106 Å². The molecular formula is C9H14Br2N2S. The first kappa shape index (κ1) is 12.6. The summed E-state index contributed by atoms with van der Waals surface area (Å²) in [7, 11) is 0. The van der Waals surface area contributed by atoms with Gasteiger partial charge in [0.1, 0.15) is 0 Å². The van der Waals surface area contributed by atoms with Crippen molar-refractivity contribution in [1.82, 2.24) is 5.32 Å². The van der Waals surface area contributed by atoms with Gasteiger partial charge in [-0.15, -0.1) is 11.3 Å². The molecule has 0 aromatic carbocycles. The van der Waals surface area contributed by atoms with E-state index in [1.807, 2.05) is 0 Å². The van der Waals surface area contributed by atoms with Crippen LogP contribution in [0.3, 0.4) is 0 Å². The van der Waals surface area contributed by atoms with Crippen LogP contribution in [0.25, 0.3) is 0 Å². The van der Waals surface area contributed by atoms with Gasteiger partial charge in [0.15, 0.2) is 0 Å². The average molecular weight is 342 g/mol. The quantitative estimate of drug-likeness (QED) is 0.862. The second kappa shape index (κ2) is 6.23. The molecule has 0 aliphatic carbocycles. The van der Waals surface area contributed by atoms with E-state index < -0.39 is 0 Å². The molecule has 0 bridgehead atoms. The van der Waals surface area contributed by atoms with Crippen molar-refractivity contribution in [3.05, 3.63) is 19.2 Å². The largest absolute Gasteiger partial charge is 0.329 e. The molecule has 1 aromatic heterocycles.